The maximum Gasteiger partial charge on any atom is 0.325 e. The summed E-state index contributed by atoms with van der Waals surface area (Å²) in [4.78, 5) is 35.0. The quantitative estimate of drug-likeness (QED) is 0.689. The standard InChI is InChI=1S/C15H14N2O6/c1-9(15(20)21)16-13(18)11(8-10-4-2-6-22-10)17-14(19)12-5-3-7-23-12/h2-9H,1H3,(H,16,18)(H,17,19)(H,20,21)/b11-8+/t9-/m0/s1. The molecule has 2 amide bonds. The molecule has 8 nitrogen and oxygen atoms in total. The maximum atomic E-state index is 12.2. The molecule has 0 aromatic carbocycles. The largest absolute Gasteiger partial charge is 0.480 e. The van der Waals surface area contributed by atoms with Gasteiger partial charge >= 0.3 is 5.97 Å². The molecule has 120 valence electrons. The molecule has 2 heterocycles. The minimum absolute atomic E-state index is 0.00873. The molecular weight excluding hydrogens is 304 g/mol. The van der Waals surface area contributed by atoms with Crippen molar-refractivity contribution >= 4 is 23.9 Å². The molecule has 0 fully saturated rings. The number of carboxylic acids is 1. The van der Waals surface area contributed by atoms with Crippen LogP contribution in [0.3, 0.4) is 0 Å². The van der Waals surface area contributed by atoms with E-state index in [9.17, 15) is 14.4 Å². The number of carbonyl (C=O) groups is 3. The van der Waals surface area contributed by atoms with E-state index >= 15 is 0 Å². The Morgan fingerprint density at radius 1 is 1.17 bits per heavy atom. The molecule has 1 atom stereocenters. The van der Waals surface area contributed by atoms with E-state index in [1.807, 2.05) is 0 Å². The second-order valence-corrected chi connectivity index (χ2v) is 4.54. The summed E-state index contributed by atoms with van der Waals surface area (Å²) in [5.74, 6) is -2.29. The fourth-order valence-electron chi connectivity index (χ4n) is 1.60. The average Bonchev–Trinajstić information content (AvgIpc) is 3.19. The van der Waals surface area contributed by atoms with Crippen LogP contribution in [0.5, 0.6) is 0 Å². The zero-order valence-electron chi connectivity index (χ0n) is 12.1. The van der Waals surface area contributed by atoms with Gasteiger partial charge in [0.25, 0.3) is 11.8 Å². The summed E-state index contributed by atoms with van der Waals surface area (Å²) in [5.41, 5.74) is -0.172. The van der Waals surface area contributed by atoms with Gasteiger partial charge in [-0.15, -0.1) is 0 Å². The molecule has 0 bridgehead atoms. The van der Waals surface area contributed by atoms with Crippen LogP contribution in [0.4, 0.5) is 0 Å². The van der Waals surface area contributed by atoms with E-state index in [1.165, 1.54) is 37.7 Å². The van der Waals surface area contributed by atoms with Crippen LogP contribution in [0.25, 0.3) is 6.08 Å². The Morgan fingerprint density at radius 2 is 1.87 bits per heavy atom. The first-order valence-corrected chi connectivity index (χ1v) is 6.61. The number of carboxylic acid groups (broad SMARTS) is 1. The second kappa shape index (κ2) is 7.12. The highest BCUT2D eigenvalue weighted by Crippen LogP contribution is 2.08. The molecule has 0 spiro atoms. The lowest BCUT2D eigenvalue weighted by Crippen LogP contribution is -2.42. The highest BCUT2D eigenvalue weighted by atomic mass is 16.4. The fourth-order valence-corrected chi connectivity index (χ4v) is 1.60. The van der Waals surface area contributed by atoms with E-state index in [2.05, 4.69) is 10.6 Å². The van der Waals surface area contributed by atoms with Crippen molar-refractivity contribution in [3.05, 3.63) is 54.0 Å². The van der Waals surface area contributed by atoms with E-state index in [-0.39, 0.29) is 11.5 Å². The average molecular weight is 318 g/mol. The topological polar surface area (TPSA) is 122 Å². The number of nitrogens with one attached hydrogen (secondary N) is 2. The molecule has 2 rings (SSSR count). The van der Waals surface area contributed by atoms with Gasteiger partial charge in [0, 0.05) is 6.08 Å². The van der Waals surface area contributed by atoms with E-state index in [1.54, 1.807) is 12.1 Å². The molecule has 0 saturated carbocycles. The van der Waals surface area contributed by atoms with Crippen molar-refractivity contribution < 1.29 is 28.3 Å². The molecule has 8 heteroatoms. The monoisotopic (exact) mass is 318 g/mol. The number of rotatable bonds is 6. The van der Waals surface area contributed by atoms with Crippen LogP contribution in [0.1, 0.15) is 23.2 Å². The number of amides is 2. The first-order valence-electron chi connectivity index (χ1n) is 6.61. The van der Waals surface area contributed by atoms with Crippen molar-refractivity contribution in [2.24, 2.45) is 0 Å². The number of furan rings is 2. The van der Waals surface area contributed by atoms with Crippen molar-refractivity contribution in [2.75, 3.05) is 0 Å². The number of carbonyl (C=O) groups excluding carboxylic acids is 2. The van der Waals surface area contributed by atoms with Crippen molar-refractivity contribution in [3.63, 3.8) is 0 Å². The van der Waals surface area contributed by atoms with E-state index in [0.717, 1.165) is 0 Å². The Hall–Kier alpha value is -3.29. The lowest BCUT2D eigenvalue weighted by Gasteiger charge is -2.12. The van der Waals surface area contributed by atoms with Crippen LogP contribution in [-0.2, 0) is 9.59 Å². The lowest BCUT2D eigenvalue weighted by molar-refractivity contribution is -0.140. The van der Waals surface area contributed by atoms with Crippen LogP contribution in [0.15, 0.2) is 51.3 Å². The predicted molar refractivity (Wildman–Crippen MR) is 78.1 cm³/mol. The molecule has 3 N–H and O–H groups in total. The van der Waals surface area contributed by atoms with Gasteiger partial charge in [-0.3, -0.25) is 14.4 Å². The molecule has 0 radical (unpaired) electrons. The third-order valence-electron chi connectivity index (χ3n) is 2.79. The van der Waals surface area contributed by atoms with Crippen LogP contribution in [0.2, 0.25) is 0 Å². The first-order chi connectivity index (χ1) is 11.0. The second-order valence-electron chi connectivity index (χ2n) is 4.54. The maximum absolute atomic E-state index is 12.2. The molecule has 0 saturated heterocycles. The summed E-state index contributed by atoms with van der Waals surface area (Å²) in [6.07, 6.45) is 4.00. The van der Waals surface area contributed by atoms with Gasteiger partial charge in [0.05, 0.1) is 12.5 Å². The Balaban J connectivity index is 2.20. The van der Waals surface area contributed by atoms with Gasteiger partial charge in [0.15, 0.2) is 5.76 Å². The first kappa shape index (κ1) is 16.1. The highest BCUT2D eigenvalue weighted by Gasteiger charge is 2.20. The van der Waals surface area contributed by atoms with Gasteiger partial charge in [-0.25, -0.2) is 0 Å². The van der Waals surface area contributed by atoms with Gasteiger partial charge in [-0.05, 0) is 31.2 Å². The zero-order chi connectivity index (χ0) is 16.8. The summed E-state index contributed by atoms with van der Waals surface area (Å²) in [7, 11) is 0. The van der Waals surface area contributed by atoms with Crippen molar-refractivity contribution in [2.45, 2.75) is 13.0 Å². The molecule has 23 heavy (non-hydrogen) atoms. The molecular formula is C15H14N2O6. The minimum Gasteiger partial charge on any atom is -0.480 e. The molecule has 0 aliphatic carbocycles. The van der Waals surface area contributed by atoms with Crippen molar-refractivity contribution in [1.29, 1.82) is 0 Å². The Bertz CT molecular complexity index is 715. The van der Waals surface area contributed by atoms with Gasteiger partial charge < -0.3 is 24.6 Å². The minimum atomic E-state index is -1.20. The fraction of sp³-hybridized carbons (Fsp3) is 0.133. The Labute approximate surface area is 130 Å². The van der Waals surface area contributed by atoms with E-state index in [4.69, 9.17) is 13.9 Å². The van der Waals surface area contributed by atoms with E-state index in [0.29, 0.717) is 5.76 Å². The van der Waals surface area contributed by atoms with Crippen LogP contribution < -0.4 is 10.6 Å². The summed E-state index contributed by atoms with van der Waals surface area (Å²) in [5, 5.41) is 13.5. The molecule has 0 aliphatic heterocycles. The van der Waals surface area contributed by atoms with Gasteiger partial charge in [0.1, 0.15) is 17.5 Å². The molecule has 2 aromatic rings. The Kier molecular flexibility index (Phi) is 4.98. The third kappa shape index (κ3) is 4.34. The predicted octanol–water partition coefficient (Wildman–Crippen LogP) is 1.23. The van der Waals surface area contributed by atoms with Crippen molar-refractivity contribution in [1.82, 2.24) is 10.6 Å². The Morgan fingerprint density at radius 3 is 2.43 bits per heavy atom. The lowest BCUT2D eigenvalue weighted by atomic mass is 10.2. The van der Waals surface area contributed by atoms with E-state index < -0.39 is 23.8 Å². The third-order valence-corrected chi connectivity index (χ3v) is 2.79. The summed E-state index contributed by atoms with van der Waals surface area (Å²) < 4.78 is 10.0. The summed E-state index contributed by atoms with van der Waals surface area (Å²) in [6, 6.07) is 5.01. The van der Waals surface area contributed by atoms with Gasteiger partial charge in [0.2, 0.25) is 0 Å². The summed E-state index contributed by atoms with van der Waals surface area (Å²) in [6.45, 7) is 1.30. The van der Waals surface area contributed by atoms with Gasteiger partial charge in [-0.1, -0.05) is 0 Å². The molecule has 0 aliphatic rings. The highest BCUT2D eigenvalue weighted by molar-refractivity contribution is 6.05. The summed E-state index contributed by atoms with van der Waals surface area (Å²) >= 11 is 0. The number of hydrogen-bond donors (Lipinski definition) is 3. The SMILES string of the molecule is C[C@H](NC(=O)/C(=C\c1ccco1)NC(=O)c1ccco1)C(=O)O. The van der Waals surface area contributed by atoms with Gasteiger partial charge in [-0.2, -0.15) is 0 Å². The number of hydrogen-bond acceptors (Lipinski definition) is 5. The molecule has 2 aromatic heterocycles. The zero-order valence-corrected chi connectivity index (χ0v) is 12.1. The number of aliphatic carboxylic acids is 1. The molecule has 0 unspecified atom stereocenters. The van der Waals surface area contributed by atoms with Crippen LogP contribution >= 0.6 is 0 Å². The van der Waals surface area contributed by atoms with Crippen LogP contribution in [0, 0.1) is 0 Å². The normalized spacial score (nSPS) is 12.5. The van der Waals surface area contributed by atoms with Crippen LogP contribution in [-0.4, -0.2) is 28.9 Å². The smallest absolute Gasteiger partial charge is 0.325 e. The van der Waals surface area contributed by atoms with Crippen molar-refractivity contribution in [3.8, 4) is 0 Å².